The Labute approximate surface area is 142 Å². The van der Waals surface area contributed by atoms with E-state index in [0.717, 1.165) is 56.1 Å². The highest BCUT2D eigenvalue weighted by atomic mass is 16.6. The van der Waals surface area contributed by atoms with E-state index in [0.29, 0.717) is 25.2 Å². The standard InChI is InChI=1S/C19H23NO4/c21-19(20(16-3-4-16)12-15-7-8-22-13-15)6-2-14-1-5-17-18(11-14)24-10-9-23-17/h1-2,5-6,11,15-16H,3-4,7-10,12-13H2/b6-2-/t15-/m1/s1. The first-order valence-corrected chi connectivity index (χ1v) is 8.76. The lowest BCUT2D eigenvalue weighted by atomic mass is 10.1. The van der Waals surface area contributed by atoms with Crippen molar-refractivity contribution in [3.63, 3.8) is 0 Å². The number of hydrogen-bond acceptors (Lipinski definition) is 4. The van der Waals surface area contributed by atoms with Gasteiger partial charge in [0.1, 0.15) is 13.2 Å². The maximum Gasteiger partial charge on any atom is 0.246 e. The van der Waals surface area contributed by atoms with Gasteiger partial charge in [-0.25, -0.2) is 0 Å². The van der Waals surface area contributed by atoms with E-state index >= 15 is 0 Å². The van der Waals surface area contributed by atoms with Gasteiger partial charge in [-0.1, -0.05) is 6.07 Å². The van der Waals surface area contributed by atoms with E-state index in [1.807, 2.05) is 29.2 Å². The summed E-state index contributed by atoms with van der Waals surface area (Å²) in [4.78, 5) is 14.6. The highest BCUT2D eigenvalue weighted by Crippen LogP contribution is 2.32. The topological polar surface area (TPSA) is 48.0 Å². The number of amides is 1. The fourth-order valence-electron chi connectivity index (χ4n) is 3.24. The van der Waals surface area contributed by atoms with Crippen LogP contribution in [0.5, 0.6) is 11.5 Å². The SMILES string of the molecule is O=C(/C=C\c1ccc2c(c1)OCCO2)N(C[C@H]1CCOC1)C1CC1. The van der Waals surface area contributed by atoms with Crippen molar-refractivity contribution in [3.05, 3.63) is 29.8 Å². The molecule has 5 nitrogen and oxygen atoms in total. The average Bonchev–Trinajstić information content (AvgIpc) is 3.33. The average molecular weight is 329 g/mol. The normalized spacial score (nSPS) is 22.8. The van der Waals surface area contributed by atoms with Gasteiger partial charge in [-0.15, -0.1) is 0 Å². The first-order chi connectivity index (χ1) is 11.8. The highest BCUT2D eigenvalue weighted by molar-refractivity contribution is 5.92. The van der Waals surface area contributed by atoms with Crippen LogP contribution >= 0.6 is 0 Å². The summed E-state index contributed by atoms with van der Waals surface area (Å²) < 4.78 is 16.5. The fraction of sp³-hybridized carbons (Fsp3) is 0.526. The molecule has 0 N–H and O–H groups in total. The minimum absolute atomic E-state index is 0.0966. The third-order valence-electron chi connectivity index (χ3n) is 4.73. The third kappa shape index (κ3) is 3.56. The van der Waals surface area contributed by atoms with Gasteiger partial charge in [0.25, 0.3) is 0 Å². The lowest BCUT2D eigenvalue weighted by Gasteiger charge is -2.23. The number of carbonyl (C=O) groups is 1. The summed E-state index contributed by atoms with van der Waals surface area (Å²) >= 11 is 0. The van der Waals surface area contributed by atoms with Gasteiger partial charge in [0.15, 0.2) is 11.5 Å². The fourth-order valence-corrected chi connectivity index (χ4v) is 3.24. The van der Waals surface area contributed by atoms with Crippen molar-refractivity contribution >= 4 is 12.0 Å². The Morgan fingerprint density at radius 1 is 1.12 bits per heavy atom. The Kier molecular flexibility index (Phi) is 4.43. The number of hydrogen-bond donors (Lipinski definition) is 0. The van der Waals surface area contributed by atoms with Crippen molar-refractivity contribution in [3.8, 4) is 11.5 Å². The Bertz CT molecular complexity index is 632. The maximum atomic E-state index is 12.6. The number of ether oxygens (including phenoxy) is 3. The molecule has 1 amide bonds. The van der Waals surface area contributed by atoms with Crippen LogP contribution in [-0.2, 0) is 9.53 Å². The summed E-state index contributed by atoms with van der Waals surface area (Å²) in [6.07, 6.45) is 6.84. The molecule has 1 aliphatic carbocycles. The summed E-state index contributed by atoms with van der Waals surface area (Å²) in [5.41, 5.74) is 0.951. The van der Waals surface area contributed by atoms with Gasteiger partial charge in [-0.3, -0.25) is 4.79 Å². The zero-order valence-electron chi connectivity index (χ0n) is 13.8. The third-order valence-corrected chi connectivity index (χ3v) is 4.73. The van der Waals surface area contributed by atoms with Gasteiger partial charge >= 0.3 is 0 Å². The molecule has 0 spiro atoms. The zero-order valence-corrected chi connectivity index (χ0v) is 13.8. The molecule has 128 valence electrons. The minimum Gasteiger partial charge on any atom is -0.486 e. The van der Waals surface area contributed by atoms with E-state index in [1.54, 1.807) is 6.08 Å². The van der Waals surface area contributed by atoms with Crippen molar-refractivity contribution in [1.29, 1.82) is 0 Å². The van der Waals surface area contributed by atoms with Crippen molar-refractivity contribution in [2.75, 3.05) is 33.0 Å². The van der Waals surface area contributed by atoms with Crippen molar-refractivity contribution in [2.45, 2.75) is 25.3 Å². The van der Waals surface area contributed by atoms with Gasteiger partial charge in [-0.2, -0.15) is 0 Å². The molecule has 0 bridgehead atoms. The van der Waals surface area contributed by atoms with Gasteiger partial charge < -0.3 is 19.1 Å². The minimum atomic E-state index is 0.0966. The lowest BCUT2D eigenvalue weighted by Crippen LogP contribution is -2.36. The van der Waals surface area contributed by atoms with Gasteiger partial charge in [-0.05, 0) is 43.0 Å². The second-order valence-electron chi connectivity index (χ2n) is 6.69. The summed E-state index contributed by atoms with van der Waals surface area (Å²) in [6, 6.07) is 6.18. The van der Waals surface area contributed by atoms with Gasteiger partial charge in [0.05, 0.1) is 6.61 Å². The molecule has 1 aromatic carbocycles. The van der Waals surface area contributed by atoms with E-state index in [9.17, 15) is 4.79 Å². The Morgan fingerprint density at radius 3 is 2.71 bits per heavy atom. The van der Waals surface area contributed by atoms with Crippen LogP contribution in [0, 0.1) is 5.92 Å². The molecule has 0 unspecified atom stereocenters. The largest absolute Gasteiger partial charge is 0.486 e. The molecular formula is C19H23NO4. The van der Waals surface area contributed by atoms with Crippen molar-refractivity contribution in [1.82, 2.24) is 4.90 Å². The van der Waals surface area contributed by atoms with E-state index in [4.69, 9.17) is 14.2 Å². The summed E-state index contributed by atoms with van der Waals surface area (Å²) in [5, 5.41) is 0. The summed E-state index contributed by atoms with van der Waals surface area (Å²) in [6.45, 7) is 3.57. The lowest BCUT2D eigenvalue weighted by molar-refractivity contribution is -0.127. The molecule has 0 radical (unpaired) electrons. The Morgan fingerprint density at radius 2 is 1.96 bits per heavy atom. The van der Waals surface area contributed by atoms with Crippen LogP contribution in [0.25, 0.3) is 6.08 Å². The van der Waals surface area contributed by atoms with Crippen LogP contribution < -0.4 is 9.47 Å². The van der Waals surface area contributed by atoms with E-state index in [2.05, 4.69) is 0 Å². The summed E-state index contributed by atoms with van der Waals surface area (Å²) in [5.74, 6) is 2.10. The van der Waals surface area contributed by atoms with Gasteiger partial charge in [0, 0.05) is 31.2 Å². The van der Waals surface area contributed by atoms with Crippen LogP contribution in [-0.4, -0.2) is 49.8 Å². The molecule has 1 saturated heterocycles. The molecule has 1 aromatic rings. The highest BCUT2D eigenvalue weighted by Gasteiger charge is 2.33. The molecule has 4 rings (SSSR count). The van der Waals surface area contributed by atoms with E-state index < -0.39 is 0 Å². The first kappa shape index (κ1) is 15.5. The Hall–Kier alpha value is -2.01. The number of nitrogens with zero attached hydrogens (tertiary/aromatic N) is 1. The monoisotopic (exact) mass is 329 g/mol. The van der Waals surface area contributed by atoms with Crippen molar-refractivity contribution in [2.24, 2.45) is 5.92 Å². The molecule has 2 fully saturated rings. The quantitative estimate of drug-likeness (QED) is 0.779. The zero-order chi connectivity index (χ0) is 16.4. The van der Waals surface area contributed by atoms with Crippen LogP contribution in [0.4, 0.5) is 0 Å². The predicted octanol–water partition coefficient (Wildman–Crippen LogP) is 2.50. The molecule has 0 aromatic heterocycles. The maximum absolute atomic E-state index is 12.6. The second kappa shape index (κ2) is 6.85. The number of carbonyl (C=O) groups excluding carboxylic acids is 1. The van der Waals surface area contributed by atoms with E-state index in [1.165, 1.54) is 0 Å². The number of fused-ring (bicyclic) bond motifs is 1. The second-order valence-corrected chi connectivity index (χ2v) is 6.69. The Balaban J connectivity index is 1.42. The van der Waals surface area contributed by atoms with E-state index in [-0.39, 0.29) is 5.91 Å². The molecule has 2 heterocycles. The van der Waals surface area contributed by atoms with Crippen LogP contribution in [0.3, 0.4) is 0 Å². The van der Waals surface area contributed by atoms with Crippen molar-refractivity contribution < 1.29 is 19.0 Å². The van der Waals surface area contributed by atoms with Crippen LogP contribution in [0.15, 0.2) is 24.3 Å². The van der Waals surface area contributed by atoms with Crippen LogP contribution in [0.2, 0.25) is 0 Å². The summed E-state index contributed by atoms with van der Waals surface area (Å²) in [7, 11) is 0. The molecule has 1 saturated carbocycles. The molecule has 2 aliphatic heterocycles. The number of rotatable bonds is 5. The number of benzene rings is 1. The first-order valence-electron chi connectivity index (χ1n) is 8.76. The smallest absolute Gasteiger partial charge is 0.246 e. The molecule has 3 aliphatic rings. The molecule has 1 atom stereocenters. The molecule has 5 heteroatoms. The van der Waals surface area contributed by atoms with Crippen LogP contribution in [0.1, 0.15) is 24.8 Å². The molecule has 24 heavy (non-hydrogen) atoms. The predicted molar refractivity (Wildman–Crippen MR) is 90.1 cm³/mol. The molecular weight excluding hydrogens is 306 g/mol. The van der Waals surface area contributed by atoms with Gasteiger partial charge in [0.2, 0.25) is 5.91 Å².